The van der Waals surface area contributed by atoms with Gasteiger partial charge in [-0.3, -0.25) is 9.69 Å². The SMILES string of the molecule is CCSc1ccccc1C(=O)N(CCCN(C)C)c1nc2ccc(F)cc2s1. The second kappa shape index (κ2) is 9.49. The van der Waals surface area contributed by atoms with Gasteiger partial charge in [0.15, 0.2) is 5.13 Å². The van der Waals surface area contributed by atoms with Crippen molar-refractivity contribution in [1.82, 2.24) is 9.88 Å². The fraction of sp³-hybridized carbons (Fsp3) is 0.333. The number of hydrogen-bond acceptors (Lipinski definition) is 5. The number of thioether (sulfide) groups is 1. The Morgan fingerprint density at radius 3 is 2.71 bits per heavy atom. The van der Waals surface area contributed by atoms with Crippen molar-refractivity contribution in [2.24, 2.45) is 0 Å². The van der Waals surface area contributed by atoms with E-state index in [1.54, 1.807) is 22.7 Å². The van der Waals surface area contributed by atoms with Gasteiger partial charge in [-0.25, -0.2) is 9.37 Å². The lowest BCUT2D eigenvalue weighted by Gasteiger charge is -2.22. The topological polar surface area (TPSA) is 36.4 Å². The van der Waals surface area contributed by atoms with Crippen molar-refractivity contribution in [3.05, 3.63) is 53.8 Å². The van der Waals surface area contributed by atoms with E-state index in [1.165, 1.54) is 23.5 Å². The molecule has 0 atom stereocenters. The summed E-state index contributed by atoms with van der Waals surface area (Å²) in [4.78, 5) is 22.9. The van der Waals surface area contributed by atoms with Gasteiger partial charge in [0.05, 0.1) is 15.8 Å². The second-order valence-electron chi connectivity index (χ2n) is 6.65. The number of anilines is 1. The van der Waals surface area contributed by atoms with Gasteiger partial charge < -0.3 is 4.90 Å². The molecule has 7 heteroatoms. The van der Waals surface area contributed by atoms with Crippen LogP contribution in [0, 0.1) is 5.82 Å². The fourth-order valence-electron chi connectivity index (χ4n) is 2.90. The van der Waals surface area contributed by atoms with Crippen LogP contribution in [0.5, 0.6) is 0 Å². The Morgan fingerprint density at radius 2 is 1.96 bits per heavy atom. The number of hydrogen-bond donors (Lipinski definition) is 0. The summed E-state index contributed by atoms with van der Waals surface area (Å²) in [6, 6.07) is 12.2. The van der Waals surface area contributed by atoms with Crippen molar-refractivity contribution < 1.29 is 9.18 Å². The molecule has 2 aromatic carbocycles. The molecule has 0 radical (unpaired) electrons. The number of fused-ring (bicyclic) bond motifs is 1. The molecule has 1 heterocycles. The van der Waals surface area contributed by atoms with Crippen molar-refractivity contribution >= 4 is 44.4 Å². The van der Waals surface area contributed by atoms with Crippen LogP contribution in [0.1, 0.15) is 23.7 Å². The number of rotatable bonds is 8. The normalized spacial score (nSPS) is 11.3. The number of carbonyl (C=O) groups is 1. The van der Waals surface area contributed by atoms with Gasteiger partial charge in [0.2, 0.25) is 0 Å². The molecule has 0 fully saturated rings. The van der Waals surface area contributed by atoms with E-state index in [1.807, 2.05) is 38.4 Å². The van der Waals surface area contributed by atoms with Gasteiger partial charge in [-0.05, 0) is 63.1 Å². The van der Waals surface area contributed by atoms with E-state index >= 15 is 0 Å². The fourth-order valence-corrected chi connectivity index (χ4v) is 4.71. The van der Waals surface area contributed by atoms with Crippen LogP contribution < -0.4 is 4.90 Å². The molecule has 0 aliphatic rings. The third kappa shape index (κ3) is 4.90. The zero-order chi connectivity index (χ0) is 20.1. The molecule has 0 aliphatic carbocycles. The largest absolute Gasteiger partial charge is 0.309 e. The van der Waals surface area contributed by atoms with Gasteiger partial charge >= 0.3 is 0 Å². The molecule has 1 amide bonds. The second-order valence-corrected chi connectivity index (χ2v) is 8.97. The first-order chi connectivity index (χ1) is 13.5. The Hall–Kier alpha value is -1.96. The molecule has 0 unspecified atom stereocenters. The molecule has 4 nitrogen and oxygen atoms in total. The zero-order valence-corrected chi connectivity index (χ0v) is 17.9. The van der Waals surface area contributed by atoms with Crippen molar-refractivity contribution in [2.75, 3.05) is 37.8 Å². The summed E-state index contributed by atoms with van der Waals surface area (Å²) in [7, 11) is 4.03. The number of aromatic nitrogens is 1. The number of benzene rings is 2. The molecule has 0 bridgehead atoms. The molecule has 0 aliphatic heterocycles. The first-order valence-corrected chi connectivity index (χ1v) is 11.0. The van der Waals surface area contributed by atoms with Gasteiger partial charge in [-0.1, -0.05) is 30.4 Å². The van der Waals surface area contributed by atoms with E-state index in [0.29, 0.717) is 22.8 Å². The predicted octanol–water partition coefficient (Wildman–Crippen LogP) is 5.15. The molecular formula is C21H24FN3OS2. The quantitative estimate of drug-likeness (QED) is 0.475. The highest BCUT2D eigenvalue weighted by Gasteiger charge is 2.23. The predicted molar refractivity (Wildman–Crippen MR) is 117 cm³/mol. The average Bonchev–Trinajstić information content (AvgIpc) is 3.08. The number of nitrogens with zero attached hydrogens (tertiary/aromatic N) is 3. The summed E-state index contributed by atoms with van der Waals surface area (Å²) in [6.07, 6.45) is 0.826. The maximum atomic E-state index is 13.6. The van der Waals surface area contributed by atoms with E-state index < -0.39 is 0 Å². The highest BCUT2D eigenvalue weighted by atomic mass is 32.2. The summed E-state index contributed by atoms with van der Waals surface area (Å²) in [5.41, 5.74) is 1.40. The van der Waals surface area contributed by atoms with Gasteiger partial charge in [0, 0.05) is 11.4 Å². The lowest BCUT2D eigenvalue weighted by Crippen LogP contribution is -2.33. The monoisotopic (exact) mass is 417 g/mol. The van der Waals surface area contributed by atoms with Crippen molar-refractivity contribution in [3.8, 4) is 0 Å². The summed E-state index contributed by atoms with van der Waals surface area (Å²) < 4.78 is 14.3. The van der Waals surface area contributed by atoms with Gasteiger partial charge in [0.25, 0.3) is 5.91 Å². The van der Waals surface area contributed by atoms with E-state index in [9.17, 15) is 9.18 Å². The van der Waals surface area contributed by atoms with Crippen LogP contribution in [0.15, 0.2) is 47.4 Å². The Bertz CT molecular complexity index is 958. The Labute approximate surface area is 173 Å². The van der Waals surface area contributed by atoms with Crippen LogP contribution in [0.2, 0.25) is 0 Å². The van der Waals surface area contributed by atoms with E-state index in [4.69, 9.17) is 0 Å². The average molecular weight is 418 g/mol. The number of thiazole rings is 1. The van der Waals surface area contributed by atoms with Crippen molar-refractivity contribution in [1.29, 1.82) is 0 Å². The zero-order valence-electron chi connectivity index (χ0n) is 16.3. The lowest BCUT2D eigenvalue weighted by molar-refractivity contribution is 0.0983. The Balaban J connectivity index is 1.97. The molecule has 1 aromatic heterocycles. The molecule has 148 valence electrons. The molecule has 3 aromatic rings. The van der Waals surface area contributed by atoms with Crippen LogP contribution in [-0.2, 0) is 0 Å². The molecule has 28 heavy (non-hydrogen) atoms. The molecule has 0 spiro atoms. The van der Waals surface area contributed by atoms with Crippen LogP contribution in [0.25, 0.3) is 10.2 Å². The maximum absolute atomic E-state index is 13.6. The first kappa shape index (κ1) is 20.8. The highest BCUT2D eigenvalue weighted by molar-refractivity contribution is 7.99. The van der Waals surface area contributed by atoms with Gasteiger partial charge in [-0.2, -0.15) is 0 Å². The third-order valence-electron chi connectivity index (χ3n) is 4.22. The van der Waals surface area contributed by atoms with Crippen LogP contribution in [0.3, 0.4) is 0 Å². The summed E-state index contributed by atoms with van der Waals surface area (Å²) in [5.74, 6) is 0.540. The Morgan fingerprint density at radius 1 is 1.18 bits per heavy atom. The standard InChI is InChI=1S/C21H24FN3OS2/c1-4-27-18-9-6-5-8-16(18)20(26)25(13-7-12-24(2)3)21-23-17-11-10-15(22)14-19(17)28-21/h5-6,8-11,14H,4,7,12-13H2,1-3H3. The van der Waals surface area contributed by atoms with Crippen LogP contribution >= 0.6 is 23.1 Å². The Kier molecular flexibility index (Phi) is 7.04. The molecule has 3 rings (SSSR count). The van der Waals surface area contributed by atoms with Crippen LogP contribution in [0.4, 0.5) is 9.52 Å². The lowest BCUT2D eigenvalue weighted by atomic mass is 10.2. The summed E-state index contributed by atoms with van der Waals surface area (Å²) in [5, 5.41) is 0.612. The minimum atomic E-state index is -0.294. The molecular weight excluding hydrogens is 393 g/mol. The van der Waals surface area contributed by atoms with Crippen molar-refractivity contribution in [3.63, 3.8) is 0 Å². The third-order valence-corrected chi connectivity index (χ3v) is 6.22. The van der Waals surface area contributed by atoms with E-state index in [2.05, 4.69) is 16.8 Å². The first-order valence-electron chi connectivity index (χ1n) is 9.24. The number of halogens is 1. The smallest absolute Gasteiger partial charge is 0.261 e. The summed E-state index contributed by atoms with van der Waals surface area (Å²) >= 11 is 3.01. The van der Waals surface area contributed by atoms with Crippen LogP contribution in [-0.4, -0.2) is 48.7 Å². The number of carbonyl (C=O) groups excluding carboxylic acids is 1. The minimum Gasteiger partial charge on any atom is -0.309 e. The van der Waals surface area contributed by atoms with E-state index in [-0.39, 0.29) is 11.7 Å². The maximum Gasteiger partial charge on any atom is 0.261 e. The molecule has 0 N–H and O–H groups in total. The number of amides is 1. The van der Waals surface area contributed by atoms with E-state index in [0.717, 1.165) is 28.3 Å². The van der Waals surface area contributed by atoms with Gasteiger partial charge in [0.1, 0.15) is 5.82 Å². The summed E-state index contributed by atoms with van der Waals surface area (Å²) in [6.45, 7) is 3.50. The molecule has 0 saturated heterocycles. The van der Waals surface area contributed by atoms with Crippen molar-refractivity contribution in [2.45, 2.75) is 18.2 Å². The van der Waals surface area contributed by atoms with Gasteiger partial charge in [-0.15, -0.1) is 11.8 Å². The minimum absolute atomic E-state index is 0.0603. The molecule has 0 saturated carbocycles. The highest BCUT2D eigenvalue weighted by Crippen LogP contribution is 2.32.